The average molecular weight is 378 g/mol. The molecular formula is C24H27FN2O. The molecule has 28 heavy (non-hydrogen) atoms. The van der Waals surface area contributed by atoms with Gasteiger partial charge in [0.05, 0.1) is 0 Å². The molecule has 0 unspecified atom stereocenters. The molecule has 0 bridgehead atoms. The van der Waals surface area contributed by atoms with Gasteiger partial charge in [0.1, 0.15) is 5.82 Å². The zero-order chi connectivity index (χ0) is 19.5. The van der Waals surface area contributed by atoms with Crippen LogP contribution < -0.4 is 0 Å². The second kappa shape index (κ2) is 8.17. The molecule has 1 aliphatic heterocycles. The highest BCUT2D eigenvalue weighted by molar-refractivity contribution is 5.86. The number of nitrogens with one attached hydrogen (secondary N) is 1. The number of fused-ring (bicyclic) bond motifs is 1. The molecule has 4 heteroatoms. The molecular weight excluding hydrogens is 351 g/mol. The summed E-state index contributed by atoms with van der Waals surface area (Å²) in [6, 6.07) is 13.7. The third kappa shape index (κ3) is 3.96. The van der Waals surface area contributed by atoms with Crippen LogP contribution in [0, 0.1) is 12.7 Å². The van der Waals surface area contributed by atoms with Gasteiger partial charge in [0.25, 0.3) is 0 Å². The predicted molar refractivity (Wildman–Crippen MR) is 111 cm³/mol. The summed E-state index contributed by atoms with van der Waals surface area (Å²) in [4.78, 5) is 17.9. The number of rotatable bonds is 5. The summed E-state index contributed by atoms with van der Waals surface area (Å²) in [6.07, 6.45) is 6.16. The smallest absolute Gasteiger partial charge is 0.222 e. The van der Waals surface area contributed by atoms with Gasteiger partial charge < -0.3 is 9.88 Å². The Bertz CT molecular complexity index is 955. The Morgan fingerprint density at radius 2 is 1.93 bits per heavy atom. The monoisotopic (exact) mass is 378 g/mol. The number of benzene rings is 2. The number of carbonyl (C=O) groups excluding carboxylic acids is 1. The number of aromatic amines is 1. The number of aryl methyl sites for hydroxylation is 2. The van der Waals surface area contributed by atoms with E-state index in [1.54, 1.807) is 12.1 Å². The van der Waals surface area contributed by atoms with E-state index in [9.17, 15) is 9.18 Å². The van der Waals surface area contributed by atoms with Gasteiger partial charge in [0.2, 0.25) is 5.91 Å². The van der Waals surface area contributed by atoms with Gasteiger partial charge in [-0.2, -0.15) is 0 Å². The van der Waals surface area contributed by atoms with E-state index >= 15 is 0 Å². The van der Waals surface area contributed by atoms with Crippen molar-refractivity contribution in [2.75, 3.05) is 13.1 Å². The SMILES string of the molecule is Cc1cc(F)cc2c(CCCC(=O)N3CCC(c4ccccc4)CC3)c[nH]c12. The summed E-state index contributed by atoms with van der Waals surface area (Å²) in [5, 5.41) is 0.939. The molecule has 4 rings (SSSR count). The number of piperidine rings is 1. The number of nitrogens with zero attached hydrogens (tertiary/aromatic N) is 1. The molecule has 0 radical (unpaired) electrons. The fourth-order valence-corrected chi connectivity index (χ4v) is 4.41. The molecule has 2 aromatic carbocycles. The number of amides is 1. The van der Waals surface area contributed by atoms with Crippen molar-refractivity contribution in [3.05, 3.63) is 71.2 Å². The summed E-state index contributed by atoms with van der Waals surface area (Å²) in [5.74, 6) is 0.603. The van der Waals surface area contributed by atoms with Crippen molar-refractivity contribution in [3.63, 3.8) is 0 Å². The quantitative estimate of drug-likeness (QED) is 0.639. The van der Waals surface area contributed by atoms with Gasteiger partial charge >= 0.3 is 0 Å². The highest BCUT2D eigenvalue weighted by Crippen LogP contribution is 2.28. The number of hydrogen-bond acceptors (Lipinski definition) is 1. The van der Waals surface area contributed by atoms with Crippen molar-refractivity contribution in [3.8, 4) is 0 Å². The summed E-state index contributed by atoms with van der Waals surface area (Å²) >= 11 is 0. The molecule has 1 fully saturated rings. The Kier molecular flexibility index (Phi) is 5.47. The number of carbonyl (C=O) groups is 1. The van der Waals surface area contributed by atoms with Crippen LogP contribution in [0.2, 0.25) is 0 Å². The zero-order valence-corrected chi connectivity index (χ0v) is 16.4. The lowest BCUT2D eigenvalue weighted by Crippen LogP contribution is -2.37. The van der Waals surface area contributed by atoms with E-state index in [2.05, 4.69) is 29.2 Å². The maximum atomic E-state index is 13.7. The summed E-state index contributed by atoms with van der Waals surface area (Å²) < 4.78 is 13.7. The minimum absolute atomic E-state index is 0.205. The van der Waals surface area contributed by atoms with Crippen LogP contribution in [0.5, 0.6) is 0 Å². The highest BCUT2D eigenvalue weighted by Gasteiger charge is 2.23. The van der Waals surface area contributed by atoms with E-state index < -0.39 is 0 Å². The fourth-order valence-electron chi connectivity index (χ4n) is 4.41. The lowest BCUT2D eigenvalue weighted by atomic mass is 9.89. The molecule has 3 nitrogen and oxygen atoms in total. The van der Waals surface area contributed by atoms with Gasteiger partial charge in [-0.1, -0.05) is 30.3 Å². The molecule has 1 amide bonds. The second-order valence-corrected chi connectivity index (χ2v) is 7.88. The van der Waals surface area contributed by atoms with E-state index in [-0.39, 0.29) is 11.7 Å². The third-order valence-corrected chi connectivity index (χ3v) is 5.99. The first-order valence-corrected chi connectivity index (χ1v) is 10.2. The molecule has 1 aliphatic rings. The second-order valence-electron chi connectivity index (χ2n) is 7.88. The first-order chi connectivity index (χ1) is 13.6. The van der Waals surface area contributed by atoms with Crippen LogP contribution >= 0.6 is 0 Å². The molecule has 0 spiro atoms. The Balaban J connectivity index is 1.29. The van der Waals surface area contributed by atoms with Crippen LogP contribution in [-0.2, 0) is 11.2 Å². The lowest BCUT2D eigenvalue weighted by molar-refractivity contribution is -0.132. The fraction of sp³-hybridized carbons (Fsp3) is 0.375. The first kappa shape index (κ1) is 18.7. The van der Waals surface area contributed by atoms with Crippen molar-refractivity contribution >= 4 is 16.8 Å². The molecule has 1 saturated heterocycles. The molecule has 1 aromatic heterocycles. The van der Waals surface area contributed by atoms with E-state index in [4.69, 9.17) is 0 Å². The van der Waals surface area contributed by atoms with Crippen molar-refractivity contribution in [2.24, 2.45) is 0 Å². The average Bonchev–Trinajstić information content (AvgIpc) is 3.12. The standard InChI is InChI=1S/C24H27FN2O/c1-17-14-21(25)15-22-20(16-26-24(17)22)8-5-9-23(28)27-12-10-19(11-13-27)18-6-3-2-4-7-18/h2-4,6-7,14-16,19,26H,5,8-13H2,1H3. The third-order valence-electron chi connectivity index (χ3n) is 5.99. The molecule has 2 heterocycles. The maximum Gasteiger partial charge on any atom is 0.222 e. The molecule has 1 N–H and O–H groups in total. The molecule has 0 aliphatic carbocycles. The van der Waals surface area contributed by atoms with Crippen LogP contribution in [-0.4, -0.2) is 28.9 Å². The van der Waals surface area contributed by atoms with Crippen molar-refractivity contribution < 1.29 is 9.18 Å². The van der Waals surface area contributed by atoms with Crippen molar-refractivity contribution in [1.82, 2.24) is 9.88 Å². The Hall–Kier alpha value is -2.62. The minimum atomic E-state index is -0.205. The number of likely N-dealkylation sites (tertiary alicyclic amines) is 1. The van der Waals surface area contributed by atoms with Gasteiger partial charge in [0.15, 0.2) is 0 Å². The van der Waals surface area contributed by atoms with Gasteiger partial charge in [-0.25, -0.2) is 4.39 Å². The Morgan fingerprint density at radius 3 is 2.68 bits per heavy atom. The largest absolute Gasteiger partial charge is 0.361 e. The number of H-pyrrole nitrogens is 1. The number of hydrogen-bond donors (Lipinski definition) is 1. The summed E-state index contributed by atoms with van der Waals surface area (Å²) in [7, 11) is 0. The number of halogens is 1. The van der Waals surface area contributed by atoms with Gasteiger partial charge in [-0.05, 0) is 67.3 Å². The van der Waals surface area contributed by atoms with Crippen LogP contribution in [0.1, 0.15) is 48.3 Å². The summed E-state index contributed by atoms with van der Waals surface area (Å²) in [5.41, 5.74) is 4.38. The maximum absolute atomic E-state index is 13.7. The van der Waals surface area contributed by atoms with E-state index in [0.717, 1.165) is 60.8 Å². The predicted octanol–water partition coefficient (Wildman–Crippen LogP) is 5.34. The number of aromatic nitrogens is 1. The molecule has 3 aromatic rings. The normalized spacial score (nSPS) is 15.3. The molecule has 0 saturated carbocycles. The van der Waals surface area contributed by atoms with Crippen LogP contribution in [0.3, 0.4) is 0 Å². The van der Waals surface area contributed by atoms with Crippen molar-refractivity contribution in [2.45, 2.75) is 44.9 Å². The van der Waals surface area contributed by atoms with E-state index in [1.807, 2.05) is 24.1 Å². The minimum Gasteiger partial charge on any atom is -0.361 e. The lowest BCUT2D eigenvalue weighted by Gasteiger charge is -2.32. The van der Waals surface area contributed by atoms with Gasteiger partial charge in [0, 0.05) is 36.6 Å². The van der Waals surface area contributed by atoms with Crippen LogP contribution in [0.4, 0.5) is 4.39 Å². The summed E-state index contributed by atoms with van der Waals surface area (Å²) in [6.45, 7) is 3.60. The highest BCUT2D eigenvalue weighted by atomic mass is 19.1. The first-order valence-electron chi connectivity index (χ1n) is 10.2. The Labute approximate surface area is 165 Å². The zero-order valence-electron chi connectivity index (χ0n) is 16.4. The molecule has 0 atom stereocenters. The van der Waals surface area contributed by atoms with Gasteiger partial charge in [-0.15, -0.1) is 0 Å². The van der Waals surface area contributed by atoms with Crippen LogP contribution in [0.15, 0.2) is 48.7 Å². The van der Waals surface area contributed by atoms with Crippen LogP contribution in [0.25, 0.3) is 10.9 Å². The topological polar surface area (TPSA) is 36.1 Å². The molecule has 146 valence electrons. The van der Waals surface area contributed by atoms with E-state index in [0.29, 0.717) is 12.3 Å². The Morgan fingerprint density at radius 1 is 1.18 bits per heavy atom. The van der Waals surface area contributed by atoms with Gasteiger partial charge in [-0.3, -0.25) is 4.79 Å². The van der Waals surface area contributed by atoms with E-state index in [1.165, 1.54) is 5.56 Å². The van der Waals surface area contributed by atoms with Crippen molar-refractivity contribution in [1.29, 1.82) is 0 Å².